The molecule has 0 unspecified atom stereocenters. The summed E-state index contributed by atoms with van der Waals surface area (Å²) in [4.78, 5) is 21.5. The van der Waals surface area contributed by atoms with Crippen molar-refractivity contribution < 1.29 is 9.59 Å². The second-order valence-corrected chi connectivity index (χ2v) is 2.68. The topological polar surface area (TPSA) is 58.2 Å². The van der Waals surface area contributed by atoms with E-state index in [-0.39, 0.29) is 6.04 Å². The summed E-state index contributed by atoms with van der Waals surface area (Å²) in [5.74, 6) is -1.07. The molecule has 62 valence electrons. The Labute approximate surface area is 65.3 Å². The molecule has 4 nitrogen and oxygen atoms in total. The van der Waals surface area contributed by atoms with Crippen molar-refractivity contribution in [3.63, 3.8) is 0 Å². The fraction of sp³-hybridized carbons (Fsp3) is 0.714. The van der Waals surface area contributed by atoms with Crippen molar-refractivity contribution in [1.29, 1.82) is 0 Å². The molecular weight excluding hydrogens is 144 g/mol. The smallest absolute Gasteiger partial charge is 0.309 e. The second kappa shape index (κ2) is 3.37. The summed E-state index contributed by atoms with van der Waals surface area (Å²) in [7, 11) is 1.45. The molecular formula is C7H12N2O2. The van der Waals surface area contributed by atoms with Crippen molar-refractivity contribution in [2.24, 2.45) is 0 Å². The van der Waals surface area contributed by atoms with Gasteiger partial charge in [0.1, 0.15) is 0 Å². The number of amides is 2. The second-order valence-electron chi connectivity index (χ2n) is 2.68. The third-order valence-corrected chi connectivity index (χ3v) is 1.87. The maximum Gasteiger partial charge on any atom is 0.309 e. The van der Waals surface area contributed by atoms with Crippen LogP contribution in [0.1, 0.15) is 19.3 Å². The Kier molecular flexibility index (Phi) is 2.46. The van der Waals surface area contributed by atoms with E-state index in [1.807, 2.05) is 0 Å². The Morgan fingerprint density at radius 2 is 1.91 bits per heavy atom. The van der Waals surface area contributed by atoms with Crippen molar-refractivity contribution >= 4 is 11.8 Å². The molecule has 2 N–H and O–H groups in total. The minimum absolute atomic E-state index is 0.236. The highest BCUT2D eigenvalue weighted by Crippen LogP contribution is 2.17. The number of rotatable bonds is 1. The van der Waals surface area contributed by atoms with Crippen LogP contribution in [-0.2, 0) is 9.59 Å². The predicted molar refractivity (Wildman–Crippen MR) is 39.8 cm³/mol. The lowest BCUT2D eigenvalue weighted by Gasteiger charge is -2.25. The highest BCUT2D eigenvalue weighted by atomic mass is 16.2. The molecule has 0 heterocycles. The molecule has 0 atom stereocenters. The summed E-state index contributed by atoms with van der Waals surface area (Å²) < 4.78 is 0. The van der Waals surface area contributed by atoms with Gasteiger partial charge in [-0.2, -0.15) is 0 Å². The van der Waals surface area contributed by atoms with Crippen LogP contribution >= 0.6 is 0 Å². The summed E-state index contributed by atoms with van der Waals surface area (Å²) in [5.41, 5.74) is 0. The van der Waals surface area contributed by atoms with E-state index in [4.69, 9.17) is 0 Å². The van der Waals surface area contributed by atoms with Gasteiger partial charge in [-0.1, -0.05) is 0 Å². The molecule has 0 aliphatic heterocycles. The standard InChI is InChI=1S/C7H12N2O2/c1-8-6(10)7(11)9-5-3-2-4-5/h5H,2-4H2,1H3,(H,8,10)(H,9,11). The van der Waals surface area contributed by atoms with E-state index in [0.29, 0.717) is 0 Å². The molecule has 1 fully saturated rings. The molecule has 0 aromatic carbocycles. The van der Waals surface area contributed by atoms with Crippen molar-refractivity contribution in [1.82, 2.24) is 10.6 Å². The van der Waals surface area contributed by atoms with Crippen LogP contribution < -0.4 is 10.6 Å². The van der Waals surface area contributed by atoms with Crippen molar-refractivity contribution in [3.05, 3.63) is 0 Å². The predicted octanol–water partition coefficient (Wildman–Crippen LogP) is -0.599. The summed E-state index contributed by atoms with van der Waals surface area (Å²) in [5, 5.41) is 4.88. The number of likely N-dealkylation sites (N-methyl/N-ethyl adjacent to an activating group) is 1. The van der Waals surface area contributed by atoms with E-state index in [9.17, 15) is 9.59 Å². The first-order valence-electron chi connectivity index (χ1n) is 3.76. The first kappa shape index (κ1) is 8.04. The van der Waals surface area contributed by atoms with Gasteiger partial charge in [0.15, 0.2) is 0 Å². The minimum atomic E-state index is -0.558. The van der Waals surface area contributed by atoms with Crippen LogP contribution in [-0.4, -0.2) is 24.9 Å². The average Bonchev–Trinajstić information content (AvgIpc) is 1.94. The Morgan fingerprint density at radius 3 is 2.27 bits per heavy atom. The molecule has 0 bridgehead atoms. The van der Waals surface area contributed by atoms with Gasteiger partial charge in [0.25, 0.3) is 0 Å². The first-order chi connectivity index (χ1) is 5.24. The fourth-order valence-corrected chi connectivity index (χ4v) is 0.917. The summed E-state index contributed by atoms with van der Waals surface area (Å²) in [6.45, 7) is 0. The molecule has 0 aromatic heterocycles. The van der Waals surface area contributed by atoms with Crippen LogP contribution in [0.5, 0.6) is 0 Å². The average molecular weight is 156 g/mol. The minimum Gasteiger partial charge on any atom is -0.351 e. The zero-order chi connectivity index (χ0) is 8.27. The molecule has 1 aliphatic carbocycles. The van der Waals surface area contributed by atoms with Crippen LogP contribution in [0.25, 0.3) is 0 Å². The Morgan fingerprint density at radius 1 is 1.27 bits per heavy atom. The third-order valence-electron chi connectivity index (χ3n) is 1.87. The molecule has 2 amide bonds. The SMILES string of the molecule is CNC(=O)C(=O)NC1CCC1. The van der Waals surface area contributed by atoms with Crippen LogP contribution in [0.3, 0.4) is 0 Å². The number of hydrogen-bond acceptors (Lipinski definition) is 2. The largest absolute Gasteiger partial charge is 0.351 e. The number of carbonyl (C=O) groups excluding carboxylic acids is 2. The van der Waals surface area contributed by atoms with Gasteiger partial charge in [-0.15, -0.1) is 0 Å². The summed E-state index contributed by atoms with van der Waals surface area (Å²) in [6.07, 6.45) is 3.16. The van der Waals surface area contributed by atoms with Crippen LogP contribution in [0.4, 0.5) is 0 Å². The van der Waals surface area contributed by atoms with Gasteiger partial charge in [0, 0.05) is 13.1 Å². The van der Waals surface area contributed by atoms with Gasteiger partial charge >= 0.3 is 11.8 Å². The monoisotopic (exact) mass is 156 g/mol. The maximum atomic E-state index is 10.9. The van der Waals surface area contributed by atoms with E-state index >= 15 is 0 Å². The Bertz CT molecular complexity index is 175. The van der Waals surface area contributed by atoms with Gasteiger partial charge in [-0.3, -0.25) is 9.59 Å². The van der Waals surface area contributed by atoms with Gasteiger partial charge in [-0.25, -0.2) is 0 Å². The van der Waals surface area contributed by atoms with Gasteiger partial charge in [0.2, 0.25) is 0 Å². The molecule has 0 aromatic rings. The van der Waals surface area contributed by atoms with Gasteiger partial charge < -0.3 is 10.6 Å². The number of nitrogens with one attached hydrogen (secondary N) is 2. The van der Waals surface area contributed by atoms with E-state index in [1.54, 1.807) is 0 Å². The van der Waals surface area contributed by atoms with Crippen molar-refractivity contribution in [3.8, 4) is 0 Å². The molecule has 0 saturated heterocycles. The normalized spacial score (nSPS) is 16.8. The maximum absolute atomic E-state index is 10.9. The lowest BCUT2D eigenvalue weighted by atomic mass is 9.93. The molecule has 1 aliphatic rings. The lowest BCUT2D eigenvalue weighted by molar-refractivity contribution is -0.139. The Balaban J connectivity index is 2.24. The molecule has 0 spiro atoms. The van der Waals surface area contributed by atoms with Gasteiger partial charge in [-0.05, 0) is 19.3 Å². The highest BCUT2D eigenvalue weighted by Gasteiger charge is 2.21. The zero-order valence-corrected chi connectivity index (χ0v) is 6.52. The first-order valence-corrected chi connectivity index (χ1v) is 3.76. The van der Waals surface area contributed by atoms with Crippen LogP contribution in [0.2, 0.25) is 0 Å². The fourth-order valence-electron chi connectivity index (χ4n) is 0.917. The van der Waals surface area contributed by atoms with Crippen LogP contribution in [0.15, 0.2) is 0 Å². The van der Waals surface area contributed by atoms with Gasteiger partial charge in [0.05, 0.1) is 0 Å². The number of carbonyl (C=O) groups is 2. The molecule has 4 heteroatoms. The Hall–Kier alpha value is -1.06. The molecule has 0 radical (unpaired) electrons. The molecule has 11 heavy (non-hydrogen) atoms. The van der Waals surface area contributed by atoms with E-state index < -0.39 is 11.8 Å². The van der Waals surface area contributed by atoms with E-state index in [1.165, 1.54) is 7.05 Å². The van der Waals surface area contributed by atoms with E-state index in [2.05, 4.69) is 10.6 Å². The van der Waals surface area contributed by atoms with Crippen molar-refractivity contribution in [2.75, 3.05) is 7.05 Å². The van der Waals surface area contributed by atoms with Crippen LogP contribution in [0, 0.1) is 0 Å². The van der Waals surface area contributed by atoms with Crippen molar-refractivity contribution in [2.45, 2.75) is 25.3 Å². The summed E-state index contributed by atoms with van der Waals surface area (Å²) >= 11 is 0. The highest BCUT2D eigenvalue weighted by molar-refractivity contribution is 6.35. The third kappa shape index (κ3) is 1.93. The molecule has 1 saturated carbocycles. The quantitative estimate of drug-likeness (QED) is 0.498. The zero-order valence-electron chi connectivity index (χ0n) is 6.52. The summed E-state index contributed by atoms with van der Waals surface area (Å²) in [6, 6.07) is 0.236. The van der Waals surface area contributed by atoms with E-state index in [0.717, 1.165) is 19.3 Å². The number of hydrogen-bond donors (Lipinski definition) is 2. The lowest BCUT2D eigenvalue weighted by Crippen LogP contribution is -2.46. The molecule has 1 rings (SSSR count).